The fourth-order valence-corrected chi connectivity index (χ4v) is 1.53. The van der Waals surface area contributed by atoms with Gasteiger partial charge in [-0.2, -0.15) is 0 Å². The van der Waals surface area contributed by atoms with Crippen molar-refractivity contribution in [3.63, 3.8) is 0 Å². The van der Waals surface area contributed by atoms with Crippen LogP contribution in [-0.2, 0) is 4.84 Å². The van der Waals surface area contributed by atoms with Crippen molar-refractivity contribution in [2.75, 3.05) is 25.0 Å². The van der Waals surface area contributed by atoms with Crippen molar-refractivity contribution in [1.82, 2.24) is 4.98 Å². The first-order valence-corrected chi connectivity index (χ1v) is 4.65. The van der Waals surface area contributed by atoms with Crippen LogP contribution in [0, 0.1) is 0 Å². The van der Waals surface area contributed by atoms with Crippen molar-refractivity contribution in [3.8, 4) is 0 Å². The van der Waals surface area contributed by atoms with Gasteiger partial charge in [-0.25, -0.2) is 0 Å². The maximum Gasteiger partial charge on any atom is 0.0979 e. The minimum Gasteiger partial charge on any atom is -0.398 e. The number of hydrogen-bond donors (Lipinski definition) is 1. The monoisotopic (exact) mass is 203 g/mol. The molecular weight excluding hydrogens is 190 g/mol. The van der Waals surface area contributed by atoms with E-state index in [2.05, 4.69) is 4.98 Å². The summed E-state index contributed by atoms with van der Waals surface area (Å²) in [5.41, 5.74) is 8.35. The predicted octanol–water partition coefficient (Wildman–Crippen LogP) is 1.81. The maximum atomic E-state index is 5.87. The second kappa shape index (κ2) is 3.74. The Kier molecular flexibility index (Phi) is 2.43. The van der Waals surface area contributed by atoms with E-state index < -0.39 is 0 Å². The molecule has 15 heavy (non-hydrogen) atoms. The van der Waals surface area contributed by atoms with Gasteiger partial charge < -0.3 is 5.73 Å². The predicted molar refractivity (Wildman–Crippen MR) is 61.6 cm³/mol. The number of aromatic nitrogens is 1. The van der Waals surface area contributed by atoms with E-state index in [1.807, 2.05) is 31.3 Å². The molecule has 4 heteroatoms. The molecule has 4 nitrogen and oxygen atoms in total. The summed E-state index contributed by atoms with van der Waals surface area (Å²) in [5.74, 6) is 0. The Bertz CT molecular complexity index is 484. The number of pyridine rings is 1. The van der Waals surface area contributed by atoms with Gasteiger partial charge in [0.05, 0.1) is 18.3 Å². The molecule has 2 rings (SSSR count). The van der Waals surface area contributed by atoms with Gasteiger partial charge >= 0.3 is 0 Å². The van der Waals surface area contributed by atoms with Gasteiger partial charge in [-0.15, -0.1) is 0 Å². The number of anilines is 2. The van der Waals surface area contributed by atoms with Crippen molar-refractivity contribution >= 4 is 22.3 Å². The molecule has 2 aromatic rings. The molecule has 0 radical (unpaired) electrons. The van der Waals surface area contributed by atoms with E-state index >= 15 is 0 Å². The summed E-state index contributed by atoms with van der Waals surface area (Å²) in [6.45, 7) is 0. The molecule has 0 spiro atoms. The van der Waals surface area contributed by atoms with Crippen LogP contribution in [0.5, 0.6) is 0 Å². The van der Waals surface area contributed by atoms with Gasteiger partial charge in [0.25, 0.3) is 0 Å². The van der Waals surface area contributed by atoms with Crippen LogP contribution in [0.25, 0.3) is 10.9 Å². The molecule has 2 N–H and O–H groups in total. The molecule has 0 bridgehead atoms. The van der Waals surface area contributed by atoms with Crippen LogP contribution in [0.4, 0.5) is 11.4 Å². The molecule has 0 aliphatic carbocycles. The fourth-order valence-electron chi connectivity index (χ4n) is 1.53. The standard InChI is InChI=1S/C11H13N3O/c1-14(15-2)10-6-5-9(12)8-4-3-7-13-11(8)10/h3-7H,12H2,1-2H3. The lowest BCUT2D eigenvalue weighted by atomic mass is 10.1. The lowest BCUT2D eigenvalue weighted by Gasteiger charge is -2.17. The van der Waals surface area contributed by atoms with Crippen LogP contribution in [0.1, 0.15) is 0 Å². The highest BCUT2D eigenvalue weighted by Crippen LogP contribution is 2.28. The summed E-state index contributed by atoms with van der Waals surface area (Å²) in [7, 11) is 3.45. The molecule has 0 fully saturated rings. The summed E-state index contributed by atoms with van der Waals surface area (Å²) in [6.07, 6.45) is 1.74. The lowest BCUT2D eigenvalue weighted by molar-refractivity contribution is 0.185. The Balaban J connectivity index is 2.71. The SMILES string of the molecule is CON(C)c1ccc(N)c2cccnc12. The van der Waals surface area contributed by atoms with Crippen molar-refractivity contribution in [2.45, 2.75) is 0 Å². The smallest absolute Gasteiger partial charge is 0.0979 e. The highest BCUT2D eigenvalue weighted by Gasteiger charge is 2.08. The third-order valence-corrected chi connectivity index (χ3v) is 2.40. The van der Waals surface area contributed by atoms with Gasteiger partial charge in [0.2, 0.25) is 0 Å². The number of benzene rings is 1. The van der Waals surface area contributed by atoms with E-state index in [9.17, 15) is 0 Å². The van der Waals surface area contributed by atoms with Crippen LogP contribution >= 0.6 is 0 Å². The third kappa shape index (κ3) is 1.59. The van der Waals surface area contributed by atoms with E-state index in [0.29, 0.717) is 0 Å². The first kappa shape index (κ1) is 9.73. The molecule has 0 aliphatic rings. The fraction of sp³-hybridized carbons (Fsp3) is 0.182. The second-order valence-corrected chi connectivity index (χ2v) is 3.25. The zero-order chi connectivity index (χ0) is 10.8. The van der Waals surface area contributed by atoms with E-state index in [1.165, 1.54) is 0 Å². The molecule has 0 atom stereocenters. The molecule has 78 valence electrons. The van der Waals surface area contributed by atoms with E-state index in [0.717, 1.165) is 22.3 Å². The third-order valence-electron chi connectivity index (χ3n) is 2.40. The van der Waals surface area contributed by atoms with Gasteiger partial charge in [-0.1, -0.05) is 0 Å². The van der Waals surface area contributed by atoms with Crippen molar-refractivity contribution in [1.29, 1.82) is 0 Å². The molecular formula is C11H13N3O. The largest absolute Gasteiger partial charge is 0.398 e. The summed E-state index contributed by atoms with van der Waals surface area (Å²) >= 11 is 0. The second-order valence-electron chi connectivity index (χ2n) is 3.25. The van der Waals surface area contributed by atoms with Gasteiger partial charge in [0.1, 0.15) is 0 Å². The van der Waals surface area contributed by atoms with Gasteiger partial charge in [-0.3, -0.25) is 14.9 Å². The highest BCUT2D eigenvalue weighted by molar-refractivity contribution is 5.98. The maximum absolute atomic E-state index is 5.87. The number of fused-ring (bicyclic) bond motifs is 1. The van der Waals surface area contributed by atoms with E-state index in [4.69, 9.17) is 10.6 Å². The average Bonchev–Trinajstić information content (AvgIpc) is 2.29. The van der Waals surface area contributed by atoms with E-state index in [-0.39, 0.29) is 0 Å². The van der Waals surface area contributed by atoms with Gasteiger partial charge in [0.15, 0.2) is 0 Å². The van der Waals surface area contributed by atoms with Crippen molar-refractivity contribution in [2.24, 2.45) is 0 Å². The molecule has 0 saturated carbocycles. The quantitative estimate of drug-likeness (QED) is 0.597. The number of nitrogens with zero attached hydrogens (tertiary/aromatic N) is 2. The number of rotatable bonds is 2. The van der Waals surface area contributed by atoms with E-state index in [1.54, 1.807) is 18.4 Å². The van der Waals surface area contributed by atoms with Crippen LogP contribution in [0.3, 0.4) is 0 Å². The Morgan fingerprint density at radius 1 is 1.33 bits per heavy atom. The normalized spacial score (nSPS) is 10.5. The van der Waals surface area contributed by atoms with Gasteiger partial charge in [0, 0.05) is 24.3 Å². The highest BCUT2D eigenvalue weighted by atomic mass is 16.7. The number of hydroxylamine groups is 1. The number of nitrogens with two attached hydrogens (primary N) is 1. The average molecular weight is 203 g/mol. The first-order valence-electron chi connectivity index (χ1n) is 4.65. The summed E-state index contributed by atoms with van der Waals surface area (Å²) in [6, 6.07) is 7.57. The van der Waals surface area contributed by atoms with Crippen molar-refractivity contribution in [3.05, 3.63) is 30.5 Å². The van der Waals surface area contributed by atoms with Crippen molar-refractivity contribution < 1.29 is 4.84 Å². The molecule has 0 unspecified atom stereocenters. The minimum absolute atomic E-state index is 0.728. The minimum atomic E-state index is 0.728. The molecule has 0 amide bonds. The molecule has 1 aromatic carbocycles. The molecule has 0 saturated heterocycles. The van der Waals surface area contributed by atoms with Crippen LogP contribution in [0.15, 0.2) is 30.5 Å². The Hall–Kier alpha value is -1.81. The number of nitrogen functional groups attached to an aromatic ring is 1. The zero-order valence-corrected chi connectivity index (χ0v) is 8.77. The summed E-state index contributed by atoms with van der Waals surface area (Å²) in [5, 5.41) is 2.60. The molecule has 1 heterocycles. The van der Waals surface area contributed by atoms with Crippen LogP contribution < -0.4 is 10.8 Å². The van der Waals surface area contributed by atoms with Gasteiger partial charge in [-0.05, 0) is 24.3 Å². The number of hydrogen-bond acceptors (Lipinski definition) is 4. The lowest BCUT2D eigenvalue weighted by Crippen LogP contribution is -2.15. The topological polar surface area (TPSA) is 51.4 Å². The molecule has 0 aliphatic heterocycles. The first-order chi connectivity index (χ1) is 7.24. The zero-order valence-electron chi connectivity index (χ0n) is 8.77. The van der Waals surface area contributed by atoms with Crippen LogP contribution in [-0.4, -0.2) is 19.1 Å². The summed E-state index contributed by atoms with van der Waals surface area (Å²) in [4.78, 5) is 9.45. The Morgan fingerprint density at radius 3 is 2.87 bits per heavy atom. The molecule has 1 aromatic heterocycles. The Labute approximate surface area is 88.2 Å². The Morgan fingerprint density at radius 2 is 2.13 bits per heavy atom. The van der Waals surface area contributed by atoms with Crippen LogP contribution in [0.2, 0.25) is 0 Å². The summed E-state index contributed by atoms with van der Waals surface area (Å²) < 4.78 is 0.